The zero-order valence-corrected chi connectivity index (χ0v) is 25.3. The maximum absolute atomic E-state index is 12.8. The van der Waals surface area contributed by atoms with Gasteiger partial charge in [0, 0.05) is 0 Å². The van der Waals surface area contributed by atoms with Crippen LogP contribution in [0.3, 0.4) is 0 Å². The Labute approximate surface area is 233 Å². The van der Waals surface area contributed by atoms with E-state index in [4.69, 9.17) is 24.7 Å². The third-order valence-electron chi connectivity index (χ3n) is 7.25. The Kier molecular flexibility index (Phi) is 12.2. The Morgan fingerprint density at radius 2 is 1.23 bits per heavy atom. The van der Waals surface area contributed by atoms with Crippen molar-refractivity contribution >= 4 is 23.9 Å². The summed E-state index contributed by atoms with van der Waals surface area (Å²) in [6, 6.07) is 3.68. The molecule has 0 radical (unpaired) electrons. The second-order valence-electron chi connectivity index (χ2n) is 11.9. The third kappa shape index (κ3) is 9.95. The molecule has 2 N–H and O–H groups in total. The molecular formula is C30H47NO8. The van der Waals surface area contributed by atoms with Crippen molar-refractivity contribution in [2.24, 2.45) is 22.0 Å². The third-order valence-corrected chi connectivity index (χ3v) is 7.25. The van der Waals surface area contributed by atoms with Crippen molar-refractivity contribution in [3.63, 3.8) is 0 Å². The molecular weight excluding hydrogens is 502 g/mol. The van der Waals surface area contributed by atoms with Gasteiger partial charge in [0.1, 0.15) is 18.8 Å². The SMILES string of the molecule is CCC(C)(C)C(=O)OC[C@H](C)OC(=O)[C@@H](N)Cc1ccc(OC(=O)C(C)(C)CC)c(OC(=O)C(C)(C)CC)c1. The summed E-state index contributed by atoms with van der Waals surface area (Å²) in [7, 11) is 0. The molecule has 0 aliphatic rings. The van der Waals surface area contributed by atoms with E-state index >= 15 is 0 Å². The molecule has 2 atom stereocenters. The van der Waals surface area contributed by atoms with Crippen LogP contribution in [0.25, 0.3) is 0 Å². The number of hydrogen-bond acceptors (Lipinski definition) is 9. The van der Waals surface area contributed by atoms with Crippen molar-refractivity contribution in [3.05, 3.63) is 23.8 Å². The molecule has 0 fully saturated rings. The van der Waals surface area contributed by atoms with Gasteiger partial charge in [-0.1, -0.05) is 26.8 Å². The molecule has 0 bridgehead atoms. The van der Waals surface area contributed by atoms with Gasteiger partial charge < -0.3 is 24.7 Å². The Morgan fingerprint density at radius 3 is 1.72 bits per heavy atom. The average Bonchev–Trinajstić information content (AvgIpc) is 2.88. The van der Waals surface area contributed by atoms with Gasteiger partial charge in [0.05, 0.1) is 16.2 Å². The predicted octanol–water partition coefficient (Wildman–Crippen LogP) is 5.15. The minimum atomic E-state index is -1.03. The van der Waals surface area contributed by atoms with Crippen molar-refractivity contribution < 1.29 is 38.1 Å². The van der Waals surface area contributed by atoms with Crippen molar-refractivity contribution in [1.82, 2.24) is 0 Å². The summed E-state index contributed by atoms with van der Waals surface area (Å²) in [6.07, 6.45) is 1.12. The Bertz CT molecular complexity index is 1030. The number of benzene rings is 1. The van der Waals surface area contributed by atoms with Gasteiger partial charge >= 0.3 is 23.9 Å². The first-order valence-electron chi connectivity index (χ1n) is 13.6. The van der Waals surface area contributed by atoms with Crippen LogP contribution < -0.4 is 15.2 Å². The zero-order chi connectivity index (χ0) is 30.2. The van der Waals surface area contributed by atoms with Crippen molar-refractivity contribution in [2.45, 2.75) is 107 Å². The number of rotatable bonds is 14. The standard InChI is InChI=1S/C30H47NO8/c1-11-28(5,6)25(33)36-18-19(4)37-24(32)21(31)16-20-14-15-22(38-26(34)29(7,8)12-2)23(17-20)39-27(35)30(9,10)13-3/h14-15,17,19,21H,11-13,16,18,31H2,1-10H3/t19-,21-/m0/s1. The molecule has 0 amide bonds. The number of carbonyl (C=O) groups is 4. The quantitative estimate of drug-likeness (QED) is 0.247. The molecule has 0 spiro atoms. The number of esters is 4. The van der Waals surface area contributed by atoms with E-state index in [2.05, 4.69) is 0 Å². The molecule has 0 aromatic heterocycles. The summed E-state index contributed by atoms with van der Waals surface area (Å²) < 4.78 is 21.9. The molecule has 9 nitrogen and oxygen atoms in total. The zero-order valence-electron chi connectivity index (χ0n) is 25.3. The number of nitrogens with two attached hydrogens (primary N) is 1. The summed E-state index contributed by atoms with van der Waals surface area (Å²) in [5.41, 5.74) is 4.57. The van der Waals surface area contributed by atoms with Gasteiger partial charge in [0.25, 0.3) is 0 Å². The van der Waals surface area contributed by atoms with E-state index < -0.39 is 46.3 Å². The summed E-state index contributed by atoms with van der Waals surface area (Å²) in [5.74, 6) is -1.80. The van der Waals surface area contributed by atoms with Crippen molar-refractivity contribution in [3.8, 4) is 11.5 Å². The molecule has 39 heavy (non-hydrogen) atoms. The summed E-state index contributed by atoms with van der Waals surface area (Å²) in [4.78, 5) is 50.3. The minimum absolute atomic E-state index is 0.0682. The Balaban J connectivity index is 3.03. The highest BCUT2D eigenvalue weighted by Gasteiger charge is 2.32. The van der Waals surface area contributed by atoms with Gasteiger partial charge in [-0.15, -0.1) is 0 Å². The van der Waals surface area contributed by atoms with Crippen LogP contribution in [0.1, 0.15) is 94.1 Å². The smallest absolute Gasteiger partial charge is 0.323 e. The van der Waals surface area contributed by atoms with E-state index in [1.165, 1.54) is 12.1 Å². The topological polar surface area (TPSA) is 131 Å². The fraction of sp³-hybridized carbons (Fsp3) is 0.667. The molecule has 1 aromatic carbocycles. The molecule has 1 rings (SSSR count). The lowest BCUT2D eigenvalue weighted by atomic mass is 9.90. The summed E-state index contributed by atoms with van der Waals surface area (Å²) >= 11 is 0. The van der Waals surface area contributed by atoms with E-state index in [1.54, 1.807) is 54.5 Å². The van der Waals surface area contributed by atoms with Crippen LogP contribution >= 0.6 is 0 Å². The Morgan fingerprint density at radius 1 is 0.769 bits per heavy atom. The van der Waals surface area contributed by atoms with E-state index in [0.29, 0.717) is 24.8 Å². The van der Waals surface area contributed by atoms with Gasteiger partial charge in [0.15, 0.2) is 11.5 Å². The van der Waals surface area contributed by atoms with Crippen LogP contribution in [0.4, 0.5) is 0 Å². The first-order valence-corrected chi connectivity index (χ1v) is 13.6. The fourth-order valence-corrected chi connectivity index (χ4v) is 2.80. The molecule has 0 aliphatic carbocycles. The van der Waals surface area contributed by atoms with Gasteiger partial charge in [-0.25, -0.2) is 0 Å². The molecule has 0 saturated heterocycles. The number of carbonyl (C=O) groups excluding carboxylic acids is 4. The first-order chi connectivity index (χ1) is 17.9. The summed E-state index contributed by atoms with van der Waals surface area (Å²) in [6.45, 7) is 17.8. The monoisotopic (exact) mass is 549 g/mol. The van der Waals surface area contributed by atoms with Gasteiger partial charge in [-0.2, -0.15) is 0 Å². The number of hydrogen-bond donors (Lipinski definition) is 1. The highest BCUT2D eigenvalue weighted by Crippen LogP contribution is 2.34. The van der Waals surface area contributed by atoms with Gasteiger partial charge in [-0.05, 0) is 91.8 Å². The largest absolute Gasteiger partial charge is 0.461 e. The molecule has 0 unspecified atom stereocenters. The second kappa shape index (κ2) is 13.9. The normalized spacial score (nSPS) is 13.7. The first kappa shape index (κ1) is 34.1. The van der Waals surface area contributed by atoms with E-state index in [0.717, 1.165) is 0 Å². The maximum Gasteiger partial charge on any atom is 0.323 e. The second-order valence-corrected chi connectivity index (χ2v) is 11.9. The average molecular weight is 550 g/mol. The lowest BCUT2D eigenvalue weighted by Crippen LogP contribution is -2.38. The fourth-order valence-electron chi connectivity index (χ4n) is 2.80. The van der Waals surface area contributed by atoms with E-state index in [-0.39, 0.29) is 30.5 Å². The highest BCUT2D eigenvalue weighted by atomic mass is 16.6. The van der Waals surface area contributed by atoms with E-state index in [9.17, 15) is 19.2 Å². The lowest BCUT2D eigenvalue weighted by molar-refractivity contribution is -0.164. The predicted molar refractivity (Wildman–Crippen MR) is 148 cm³/mol. The Hall–Kier alpha value is -2.94. The maximum atomic E-state index is 12.8. The molecule has 0 heterocycles. The van der Waals surface area contributed by atoms with Crippen molar-refractivity contribution in [2.75, 3.05) is 6.61 Å². The van der Waals surface area contributed by atoms with Crippen LogP contribution in [0.2, 0.25) is 0 Å². The van der Waals surface area contributed by atoms with Gasteiger partial charge in [0.2, 0.25) is 0 Å². The van der Waals surface area contributed by atoms with Gasteiger partial charge in [-0.3, -0.25) is 19.2 Å². The molecule has 220 valence electrons. The highest BCUT2D eigenvalue weighted by molar-refractivity contribution is 5.82. The van der Waals surface area contributed by atoms with Crippen LogP contribution in [0, 0.1) is 16.2 Å². The molecule has 0 saturated carbocycles. The lowest BCUT2D eigenvalue weighted by Gasteiger charge is -2.24. The van der Waals surface area contributed by atoms with Crippen LogP contribution in [0.15, 0.2) is 18.2 Å². The number of ether oxygens (including phenoxy) is 4. The molecule has 9 heteroatoms. The van der Waals surface area contributed by atoms with E-state index in [1.807, 2.05) is 20.8 Å². The molecule has 0 aliphatic heterocycles. The van der Waals surface area contributed by atoms with Crippen molar-refractivity contribution in [1.29, 1.82) is 0 Å². The van der Waals surface area contributed by atoms with Crippen LogP contribution in [0.5, 0.6) is 11.5 Å². The van der Waals surface area contributed by atoms with Crippen LogP contribution in [-0.2, 0) is 35.1 Å². The minimum Gasteiger partial charge on any atom is -0.461 e. The molecule has 1 aromatic rings. The van der Waals surface area contributed by atoms with Crippen LogP contribution in [-0.4, -0.2) is 42.6 Å². The summed E-state index contributed by atoms with van der Waals surface area (Å²) in [5, 5.41) is 0.